The standard InChI is InChI=1S/C19H21N3O3S2/c1-2-14-8-10-15(11-9-14)22-18(23)16-6-3-4-7-17(16)21-19(22)26-12-5-13-27(20,24)25/h3-4,6-11H,2,5,12-13H2,1H3,(H2,20,24,25). The van der Waals surface area contributed by atoms with Gasteiger partial charge >= 0.3 is 0 Å². The van der Waals surface area contributed by atoms with Crippen LogP contribution in [0.1, 0.15) is 18.9 Å². The summed E-state index contributed by atoms with van der Waals surface area (Å²) in [5.41, 5.74) is 2.41. The molecule has 0 bridgehead atoms. The van der Waals surface area contributed by atoms with Crippen LogP contribution in [0.15, 0.2) is 58.5 Å². The van der Waals surface area contributed by atoms with Crippen LogP contribution in [0, 0.1) is 0 Å². The number of aryl methyl sites for hydroxylation is 1. The Morgan fingerprint density at radius 1 is 1.11 bits per heavy atom. The van der Waals surface area contributed by atoms with Crippen molar-refractivity contribution in [3.8, 4) is 5.69 Å². The minimum absolute atomic E-state index is 0.0942. The minimum Gasteiger partial charge on any atom is -0.268 e. The molecule has 0 atom stereocenters. The summed E-state index contributed by atoms with van der Waals surface area (Å²) in [6.45, 7) is 2.07. The molecule has 0 fully saturated rings. The van der Waals surface area contributed by atoms with Crippen molar-refractivity contribution < 1.29 is 8.42 Å². The van der Waals surface area contributed by atoms with Crippen LogP contribution in [0.25, 0.3) is 16.6 Å². The van der Waals surface area contributed by atoms with Gasteiger partial charge in [-0.15, -0.1) is 0 Å². The molecule has 0 saturated heterocycles. The van der Waals surface area contributed by atoms with Crippen molar-refractivity contribution in [1.29, 1.82) is 0 Å². The summed E-state index contributed by atoms with van der Waals surface area (Å²) in [6, 6.07) is 15.0. The fourth-order valence-electron chi connectivity index (χ4n) is 2.74. The normalized spacial score (nSPS) is 11.8. The number of aromatic nitrogens is 2. The van der Waals surface area contributed by atoms with Crippen LogP contribution in [-0.4, -0.2) is 29.5 Å². The van der Waals surface area contributed by atoms with Gasteiger partial charge in [-0.25, -0.2) is 18.5 Å². The Bertz CT molecular complexity index is 1110. The number of nitrogens with two attached hydrogens (primary N) is 1. The van der Waals surface area contributed by atoms with Gasteiger partial charge in [-0.1, -0.05) is 43.0 Å². The van der Waals surface area contributed by atoms with E-state index in [0.717, 1.165) is 12.1 Å². The third kappa shape index (κ3) is 4.77. The highest BCUT2D eigenvalue weighted by atomic mass is 32.2. The van der Waals surface area contributed by atoms with Gasteiger partial charge in [0.05, 0.1) is 22.3 Å². The first-order chi connectivity index (χ1) is 12.9. The first-order valence-electron chi connectivity index (χ1n) is 8.63. The lowest BCUT2D eigenvalue weighted by Crippen LogP contribution is -2.22. The van der Waals surface area contributed by atoms with Crippen molar-refractivity contribution in [1.82, 2.24) is 9.55 Å². The average molecular weight is 404 g/mol. The molecule has 0 aliphatic carbocycles. The second kappa shape index (κ2) is 8.24. The maximum atomic E-state index is 13.1. The zero-order chi connectivity index (χ0) is 19.4. The molecule has 0 unspecified atom stereocenters. The lowest BCUT2D eigenvalue weighted by atomic mass is 10.1. The molecule has 0 amide bonds. The molecule has 0 aliphatic rings. The summed E-state index contributed by atoms with van der Waals surface area (Å²) < 4.78 is 23.8. The summed E-state index contributed by atoms with van der Waals surface area (Å²) in [7, 11) is -3.49. The van der Waals surface area contributed by atoms with Crippen LogP contribution in [-0.2, 0) is 16.4 Å². The van der Waals surface area contributed by atoms with Crippen molar-refractivity contribution >= 4 is 32.7 Å². The number of primary sulfonamides is 1. The van der Waals surface area contributed by atoms with Gasteiger partial charge in [0.25, 0.3) is 5.56 Å². The number of thioether (sulfide) groups is 1. The molecule has 0 saturated carbocycles. The lowest BCUT2D eigenvalue weighted by Gasteiger charge is -2.13. The minimum atomic E-state index is -3.49. The Labute approximate surface area is 162 Å². The highest BCUT2D eigenvalue weighted by molar-refractivity contribution is 7.99. The van der Waals surface area contributed by atoms with Gasteiger partial charge in [-0.2, -0.15) is 0 Å². The Hall–Kier alpha value is -2.16. The van der Waals surface area contributed by atoms with E-state index in [4.69, 9.17) is 5.14 Å². The zero-order valence-electron chi connectivity index (χ0n) is 15.0. The third-order valence-corrected chi connectivity index (χ3v) is 6.03. The lowest BCUT2D eigenvalue weighted by molar-refractivity contribution is 0.596. The van der Waals surface area contributed by atoms with Crippen LogP contribution in [0.5, 0.6) is 0 Å². The summed E-state index contributed by atoms with van der Waals surface area (Å²) in [4.78, 5) is 17.7. The van der Waals surface area contributed by atoms with E-state index in [2.05, 4.69) is 11.9 Å². The van der Waals surface area contributed by atoms with E-state index < -0.39 is 10.0 Å². The molecule has 1 aromatic heterocycles. The molecule has 0 radical (unpaired) electrons. The molecular formula is C19H21N3O3S2. The molecule has 6 nitrogen and oxygen atoms in total. The monoisotopic (exact) mass is 403 g/mol. The SMILES string of the molecule is CCc1ccc(-n2c(SCCCS(N)(=O)=O)nc3ccccc3c2=O)cc1. The van der Waals surface area contributed by atoms with Crippen LogP contribution in [0.2, 0.25) is 0 Å². The number of nitrogens with zero attached hydrogens (tertiary/aromatic N) is 2. The molecule has 3 rings (SSSR count). The van der Waals surface area contributed by atoms with E-state index in [1.807, 2.05) is 36.4 Å². The van der Waals surface area contributed by atoms with Crippen molar-refractivity contribution in [3.05, 3.63) is 64.4 Å². The van der Waals surface area contributed by atoms with Crippen LogP contribution in [0.4, 0.5) is 0 Å². The van der Waals surface area contributed by atoms with Gasteiger partial charge in [0.2, 0.25) is 10.0 Å². The highest BCUT2D eigenvalue weighted by Gasteiger charge is 2.13. The molecule has 3 aromatic rings. The first kappa shape index (κ1) is 19.6. The topological polar surface area (TPSA) is 95.1 Å². The molecule has 142 valence electrons. The number of fused-ring (bicyclic) bond motifs is 1. The largest absolute Gasteiger partial charge is 0.268 e. The number of benzene rings is 2. The highest BCUT2D eigenvalue weighted by Crippen LogP contribution is 2.22. The molecule has 0 aliphatic heterocycles. The smallest absolute Gasteiger partial charge is 0.266 e. The molecule has 27 heavy (non-hydrogen) atoms. The molecule has 1 heterocycles. The quantitative estimate of drug-likeness (QED) is 0.372. The second-order valence-corrected chi connectivity index (χ2v) is 8.94. The fourth-order valence-corrected chi connectivity index (χ4v) is 4.42. The Kier molecular flexibility index (Phi) is 5.98. The van der Waals surface area contributed by atoms with Gasteiger partial charge in [0.1, 0.15) is 0 Å². The van der Waals surface area contributed by atoms with Gasteiger partial charge in [-0.3, -0.25) is 9.36 Å². The van der Waals surface area contributed by atoms with Crippen LogP contribution < -0.4 is 10.7 Å². The Balaban J connectivity index is 2.02. The molecule has 0 spiro atoms. The van der Waals surface area contributed by atoms with Crippen molar-refractivity contribution in [2.75, 3.05) is 11.5 Å². The summed E-state index contributed by atoms with van der Waals surface area (Å²) >= 11 is 1.35. The number of hydrogen-bond acceptors (Lipinski definition) is 5. The second-order valence-electron chi connectivity index (χ2n) is 6.14. The predicted molar refractivity (Wildman–Crippen MR) is 110 cm³/mol. The molecule has 8 heteroatoms. The van der Waals surface area contributed by atoms with Gasteiger partial charge in [-0.05, 0) is 42.7 Å². The fraction of sp³-hybridized carbons (Fsp3) is 0.263. The predicted octanol–water partition coefficient (Wildman–Crippen LogP) is 2.72. The van der Waals surface area contributed by atoms with Crippen LogP contribution in [0.3, 0.4) is 0 Å². The maximum Gasteiger partial charge on any atom is 0.266 e. The molecular weight excluding hydrogens is 382 g/mol. The number of rotatable bonds is 7. The van der Waals surface area contributed by atoms with E-state index in [-0.39, 0.29) is 11.3 Å². The van der Waals surface area contributed by atoms with Crippen molar-refractivity contribution in [2.24, 2.45) is 5.14 Å². The van der Waals surface area contributed by atoms with E-state index in [9.17, 15) is 13.2 Å². The summed E-state index contributed by atoms with van der Waals surface area (Å²) in [5.74, 6) is 0.400. The van der Waals surface area contributed by atoms with E-state index in [1.54, 1.807) is 16.7 Å². The number of sulfonamides is 1. The van der Waals surface area contributed by atoms with E-state index in [0.29, 0.717) is 28.2 Å². The van der Waals surface area contributed by atoms with Gasteiger partial charge in [0.15, 0.2) is 5.16 Å². The van der Waals surface area contributed by atoms with Crippen molar-refractivity contribution in [3.63, 3.8) is 0 Å². The molecule has 2 aromatic carbocycles. The van der Waals surface area contributed by atoms with Crippen LogP contribution >= 0.6 is 11.8 Å². The average Bonchev–Trinajstić information content (AvgIpc) is 2.65. The Morgan fingerprint density at radius 3 is 2.48 bits per heavy atom. The van der Waals surface area contributed by atoms with Crippen molar-refractivity contribution in [2.45, 2.75) is 24.9 Å². The molecule has 2 N–H and O–H groups in total. The van der Waals surface area contributed by atoms with E-state index in [1.165, 1.54) is 17.3 Å². The zero-order valence-corrected chi connectivity index (χ0v) is 16.6. The Morgan fingerprint density at radius 2 is 1.81 bits per heavy atom. The number of hydrogen-bond donors (Lipinski definition) is 1. The van der Waals surface area contributed by atoms with Gasteiger partial charge < -0.3 is 0 Å². The third-order valence-electron chi connectivity index (χ3n) is 4.15. The summed E-state index contributed by atoms with van der Waals surface area (Å²) in [6.07, 6.45) is 1.31. The maximum absolute atomic E-state index is 13.1. The van der Waals surface area contributed by atoms with E-state index >= 15 is 0 Å². The number of para-hydroxylation sites is 1. The van der Waals surface area contributed by atoms with Gasteiger partial charge in [0, 0.05) is 5.75 Å². The summed E-state index contributed by atoms with van der Waals surface area (Å²) in [5, 5.41) is 6.14. The first-order valence-corrected chi connectivity index (χ1v) is 11.3.